The molecule has 0 aliphatic rings. The van der Waals surface area contributed by atoms with Crippen LogP contribution in [0.3, 0.4) is 0 Å². The van der Waals surface area contributed by atoms with Crippen LogP contribution in [0.2, 0.25) is 0 Å². The molecule has 0 aromatic heterocycles. The molecule has 0 aromatic rings. The minimum Gasteiger partial charge on any atom is -0.480 e. The first-order valence-corrected chi connectivity index (χ1v) is 4.08. The number of carbonyl (C=O) groups excluding carboxylic acids is 1. The molecular weight excluding hydrogens is 188 g/mol. The van der Waals surface area contributed by atoms with Crippen LogP contribution in [-0.2, 0) is 9.59 Å². The summed E-state index contributed by atoms with van der Waals surface area (Å²) in [5.41, 5.74) is 5.01. The van der Waals surface area contributed by atoms with Gasteiger partial charge in [0, 0.05) is 6.54 Å². The Balaban J connectivity index is 3.66. The number of amides is 1. The minimum atomic E-state index is -1.07. The Hall–Kier alpha value is -1.79. The maximum atomic E-state index is 10.5. The molecule has 0 fully saturated rings. The fraction of sp³-hybridized carbons (Fsp3) is 0.571. The van der Waals surface area contributed by atoms with Crippen LogP contribution in [-0.4, -0.2) is 36.0 Å². The fourth-order valence-corrected chi connectivity index (χ4v) is 0.889. The van der Waals surface area contributed by atoms with Gasteiger partial charge in [-0.1, -0.05) is 0 Å². The highest BCUT2D eigenvalue weighted by atomic mass is 16.4. The molecule has 0 heterocycles. The predicted octanol–water partition coefficient (Wildman–Crippen LogP) is -1.55. The van der Waals surface area contributed by atoms with Crippen molar-refractivity contribution in [3.63, 3.8) is 0 Å². The number of hydrogen-bond donors (Lipinski definition) is 5. The lowest BCUT2D eigenvalue weighted by Gasteiger charge is -2.10. The second kappa shape index (κ2) is 6.70. The molecule has 0 aliphatic carbocycles. The van der Waals surface area contributed by atoms with Crippen molar-refractivity contribution in [2.45, 2.75) is 18.9 Å². The third-order valence-corrected chi connectivity index (χ3v) is 1.55. The summed E-state index contributed by atoms with van der Waals surface area (Å²) >= 11 is 0. The summed E-state index contributed by atoms with van der Waals surface area (Å²) < 4.78 is 0. The second-order valence-corrected chi connectivity index (χ2v) is 2.66. The van der Waals surface area contributed by atoms with Crippen LogP contribution in [0.15, 0.2) is 0 Å². The zero-order chi connectivity index (χ0) is 11.0. The van der Waals surface area contributed by atoms with Crippen molar-refractivity contribution < 1.29 is 14.7 Å². The van der Waals surface area contributed by atoms with Gasteiger partial charge in [-0.15, -0.1) is 0 Å². The Morgan fingerprint density at radius 1 is 1.64 bits per heavy atom. The Morgan fingerprint density at radius 2 is 2.29 bits per heavy atom. The van der Waals surface area contributed by atoms with Gasteiger partial charge in [0.1, 0.15) is 6.04 Å². The molecule has 0 aliphatic heterocycles. The Bertz CT molecular complexity index is 219. The maximum Gasteiger partial charge on any atom is 0.326 e. The molecule has 14 heavy (non-hydrogen) atoms. The first-order chi connectivity index (χ1) is 6.57. The van der Waals surface area contributed by atoms with Gasteiger partial charge < -0.3 is 21.5 Å². The third kappa shape index (κ3) is 5.81. The van der Waals surface area contributed by atoms with Gasteiger partial charge in [0.25, 0.3) is 0 Å². The van der Waals surface area contributed by atoms with E-state index in [0.717, 1.165) is 0 Å². The molecule has 1 atom stereocenters. The number of carboxylic acids is 1. The van der Waals surface area contributed by atoms with Crippen LogP contribution >= 0.6 is 0 Å². The summed E-state index contributed by atoms with van der Waals surface area (Å²) in [6, 6.07) is -0.874. The SMILES string of the molecule is N=C(N)NCCC[C@H](NC=O)C(=O)O. The van der Waals surface area contributed by atoms with Gasteiger partial charge in [0.05, 0.1) is 0 Å². The van der Waals surface area contributed by atoms with E-state index < -0.39 is 12.0 Å². The predicted molar refractivity (Wildman–Crippen MR) is 49.8 cm³/mol. The number of hydrogen-bond acceptors (Lipinski definition) is 3. The summed E-state index contributed by atoms with van der Waals surface area (Å²) in [6.07, 6.45) is 1.17. The lowest BCUT2D eigenvalue weighted by atomic mass is 10.1. The lowest BCUT2D eigenvalue weighted by molar-refractivity contribution is -0.140. The highest BCUT2D eigenvalue weighted by Crippen LogP contribution is 1.95. The highest BCUT2D eigenvalue weighted by Gasteiger charge is 2.14. The van der Waals surface area contributed by atoms with E-state index in [-0.39, 0.29) is 5.96 Å². The molecule has 0 saturated carbocycles. The zero-order valence-corrected chi connectivity index (χ0v) is 7.62. The normalized spacial score (nSPS) is 11.4. The van der Waals surface area contributed by atoms with Gasteiger partial charge in [0.15, 0.2) is 5.96 Å². The fourth-order valence-electron chi connectivity index (χ4n) is 0.889. The van der Waals surface area contributed by atoms with Crippen molar-refractivity contribution in [2.75, 3.05) is 6.54 Å². The molecule has 0 rings (SSSR count). The van der Waals surface area contributed by atoms with E-state index in [1.165, 1.54) is 0 Å². The number of aliphatic carboxylic acids is 1. The molecule has 0 bridgehead atoms. The number of nitrogens with one attached hydrogen (secondary N) is 3. The van der Waals surface area contributed by atoms with E-state index in [9.17, 15) is 9.59 Å². The van der Waals surface area contributed by atoms with E-state index in [2.05, 4.69) is 10.6 Å². The second-order valence-electron chi connectivity index (χ2n) is 2.66. The minimum absolute atomic E-state index is 0.153. The first-order valence-electron chi connectivity index (χ1n) is 4.08. The van der Waals surface area contributed by atoms with E-state index in [1.807, 2.05) is 0 Å². The van der Waals surface area contributed by atoms with Crippen LogP contribution in [0.5, 0.6) is 0 Å². The summed E-state index contributed by atoms with van der Waals surface area (Å²) in [5, 5.41) is 20.1. The van der Waals surface area contributed by atoms with Gasteiger partial charge in [-0.3, -0.25) is 10.2 Å². The lowest BCUT2D eigenvalue weighted by Crippen LogP contribution is -2.37. The number of carboxylic acid groups (broad SMARTS) is 1. The smallest absolute Gasteiger partial charge is 0.326 e. The van der Waals surface area contributed by atoms with Gasteiger partial charge >= 0.3 is 5.97 Å². The summed E-state index contributed by atoms with van der Waals surface area (Å²) in [4.78, 5) is 20.5. The van der Waals surface area contributed by atoms with Gasteiger partial charge in [-0.25, -0.2) is 4.79 Å². The Morgan fingerprint density at radius 3 is 2.71 bits per heavy atom. The van der Waals surface area contributed by atoms with Gasteiger partial charge in [0.2, 0.25) is 6.41 Å². The number of rotatable bonds is 7. The van der Waals surface area contributed by atoms with Crippen LogP contribution in [0.4, 0.5) is 0 Å². The molecule has 1 amide bonds. The standard InChI is InChI=1S/C7H14N4O3/c8-7(9)10-3-1-2-5(6(13)14)11-4-12/h4-5H,1-3H2,(H,11,12)(H,13,14)(H4,8,9,10)/t5-/m0/s1. The van der Waals surface area contributed by atoms with Crippen molar-refractivity contribution in [3.8, 4) is 0 Å². The van der Waals surface area contributed by atoms with Crippen LogP contribution in [0.1, 0.15) is 12.8 Å². The quantitative estimate of drug-likeness (QED) is 0.148. The summed E-state index contributed by atoms with van der Waals surface area (Å²) in [5.74, 6) is -1.22. The molecule has 0 unspecified atom stereocenters. The Labute approximate surface area is 81.2 Å². The van der Waals surface area contributed by atoms with E-state index in [4.69, 9.17) is 16.2 Å². The zero-order valence-electron chi connectivity index (χ0n) is 7.62. The van der Waals surface area contributed by atoms with E-state index in [1.54, 1.807) is 0 Å². The van der Waals surface area contributed by atoms with Crippen molar-refractivity contribution in [2.24, 2.45) is 5.73 Å². The average Bonchev–Trinajstić information content (AvgIpc) is 2.09. The van der Waals surface area contributed by atoms with Crippen molar-refractivity contribution in [1.82, 2.24) is 10.6 Å². The molecule has 0 radical (unpaired) electrons. The van der Waals surface area contributed by atoms with Crippen LogP contribution in [0, 0.1) is 5.41 Å². The number of carbonyl (C=O) groups is 2. The topological polar surface area (TPSA) is 128 Å². The van der Waals surface area contributed by atoms with Crippen molar-refractivity contribution in [3.05, 3.63) is 0 Å². The summed E-state index contributed by atoms with van der Waals surface area (Å²) in [7, 11) is 0. The Kier molecular flexibility index (Phi) is 5.84. The largest absolute Gasteiger partial charge is 0.480 e. The number of nitrogens with two attached hydrogens (primary N) is 1. The monoisotopic (exact) mass is 202 g/mol. The van der Waals surface area contributed by atoms with Crippen LogP contribution in [0.25, 0.3) is 0 Å². The maximum absolute atomic E-state index is 10.5. The summed E-state index contributed by atoms with van der Waals surface area (Å²) in [6.45, 7) is 0.416. The molecule has 7 nitrogen and oxygen atoms in total. The molecule has 0 spiro atoms. The van der Waals surface area contributed by atoms with Gasteiger partial charge in [-0.2, -0.15) is 0 Å². The molecule has 6 N–H and O–H groups in total. The molecule has 0 saturated heterocycles. The van der Waals surface area contributed by atoms with Crippen LogP contribution < -0.4 is 16.4 Å². The van der Waals surface area contributed by atoms with Gasteiger partial charge in [-0.05, 0) is 12.8 Å². The number of guanidine groups is 1. The van der Waals surface area contributed by atoms with Crippen molar-refractivity contribution >= 4 is 18.3 Å². The first kappa shape index (κ1) is 12.2. The highest BCUT2D eigenvalue weighted by molar-refractivity contribution is 5.76. The van der Waals surface area contributed by atoms with E-state index >= 15 is 0 Å². The molecule has 80 valence electrons. The third-order valence-electron chi connectivity index (χ3n) is 1.55. The molecule has 0 aromatic carbocycles. The molecular formula is C7H14N4O3. The molecule has 7 heteroatoms. The van der Waals surface area contributed by atoms with Crippen molar-refractivity contribution in [1.29, 1.82) is 5.41 Å². The van der Waals surface area contributed by atoms with E-state index in [0.29, 0.717) is 25.8 Å². The average molecular weight is 202 g/mol.